The Kier molecular flexibility index (Phi) is 39.4. The zero-order valence-corrected chi connectivity index (χ0v) is 35.4. The van der Waals surface area contributed by atoms with Gasteiger partial charge in [0.2, 0.25) is 11.8 Å². The first kappa shape index (κ1) is 51.7. The van der Waals surface area contributed by atoms with Crippen molar-refractivity contribution < 1.29 is 33.6 Å². The molecular formula is C44H88N2O7. The predicted molar refractivity (Wildman–Crippen MR) is 221 cm³/mol. The number of amides is 2. The van der Waals surface area contributed by atoms with E-state index in [0.29, 0.717) is 59.0 Å². The zero-order chi connectivity index (χ0) is 38.9. The first-order valence-corrected chi connectivity index (χ1v) is 22.4. The van der Waals surface area contributed by atoms with E-state index in [4.69, 9.17) is 18.9 Å². The molecule has 0 radical (unpaired) electrons. The number of ether oxygens (including phenoxy) is 4. The number of carbonyl (C=O) groups excluding carboxylic acids is 2. The van der Waals surface area contributed by atoms with E-state index in [1.54, 1.807) is 0 Å². The molecule has 9 heteroatoms. The van der Waals surface area contributed by atoms with Gasteiger partial charge in [0, 0.05) is 39.1 Å². The van der Waals surface area contributed by atoms with Crippen molar-refractivity contribution in [3.8, 4) is 0 Å². The lowest BCUT2D eigenvalue weighted by Crippen LogP contribution is -2.37. The van der Waals surface area contributed by atoms with Gasteiger partial charge in [-0.1, -0.05) is 155 Å². The summed E-state index contributed by atoms with van der Waals surface area (Å²) >= 11 is 0. The molecule has 0 aromatic rings. The molecule has 316 valence electrons. The van der Waals surface area contributed by atoms with Crippen molar-refractivity contribution in [2.24, 2.45) is 0 Å². The summed E-state index contributed by atoms with van der Waals surface area (Å²) in [5, 5.41) is 15.1. The quantitative estimate of drug-likeness (QED) is 0.0531. The number of unbranched alkanes of at least 4 members (excludes halogenated alkanes) is 22. The average molecular weight is 757 g/mol. The molecule has 0 aromatic carbocycles. The minimum absolute atomic E-state index is 0.0340. The summed E-state index contributed by atoms with van der Waals surface area (Å²) in [6.45, 7) is 12.0. The number of aliphatic hydroxyl groups is 1. The number of hydrogen-bond donors (Lipinski definition) is 3. The van der Waals surface area contributed by atoms with Crippen LogP contribution in [0.15, 0.2) is 0 Å². The van der Waals surface area contributed by atoms with E-state index in [2.05, 4.69) is 24.5 Å². The molecule has 0 heterocycles. The highest BCUT2D eigenvalue weighted by molar-refractivity contribution is 5.77. The summed E-state index contributed by atoms with van der Waals surface area (Å²) in [5.41, 5.74) is -0.591. The second kappa shape index (κ2) is 40.4. The minimum atomic E-state index is -0.591. The Balaban J connectivity index is 4.18. The summed E-state index contributed by atoms with van der Waals surface area (Å²) < 4.78 is 23.2. The summed E-state index contributed by atoms with van der Waals surface area (Å²) in [5.74, 6) is -0.132. The van der Waals surface area contributed by atoms with Crippen molar-refractivity contribution >= 4 is 11.8 Å². The monoisotopic (exact) mass is 757 g/mol. The van der Waals surface area contributed by atoms with Crippen LogP contribution >= 0.6 is 0 Å². The largest absolute Gasteiger partial charge is 0.393 e. The first-order valence-electron chi connectivity index (χ1n) is 22.4. The van der Waals surface area contributed by atoms with Crippen LogP contribution in [-0.4, -0.2) is 88.0 Å². The van der Waals surface area contributed by atoms with Gasteiger partial charge < -0.3 is 34.7 Å². The molecule has 2 amide bonds. The SMILES string of the molecule is CCCCCCCCCCCCCCOCC(CNC(=O)CCCNC(=O)CCOCCOC(C)(C)CO)OCCCCCCCCCCCCCC. The Bertz CT molecular complexity index is 783. The Morgan fingerprint density at radius 3 is 1.51 bits per heavy atom. The fourth-order valence-corrected chi connectivity index (χ4v) is 6.19. The number of carbonyl (C=O) groups is 2. The topological polar surface area (TPSA) is 115 Å². The first-order chi connectivity index (χ1) is 25.8. The van der Waals surface area contributed by atoms with E-state index in [9.17, 15) is 14.7 Å². The third kappa shape index (κ3) is 40.2. The molecule has 0 aliphatic rings. The van der Waals surface area contributed by atoms with Gasteiger partial charge in [-0.15, -0.1) is 0 Å². The van der Waals surface area contributed by atoms with Gasteiger partial charge in [0.1, 0.15) is 0 Å². The summed E-state index contributed by atoms with van der Waals surface area (Å²) in [4.78, 5) is 24.7. The molecule has 0 saturated carbocycles. The number of aliphatic hydroxyl groups excluding tert-OH is 1. The van der Waals surface area contributed by atoms with Gasteiger partial charge in [-0.25, -0.2) is 0 Å². The molecule has 0 bridgehead atoms. The summed E-state index contributed by atoms with van der Waals surface area (Å²) in [6, 6.07) is 0. The van der Waals surface area contributed by atoms with Gasteiger partial charge >= 0.3 is 0 Å². The predicted octanol–water partition coefficient (Wildman–Crippen LogP) is 10.00. The highest BCUT2D eigenvalue weighted by atomic mass is 16.5. The Labute approximate surface area is 327 Å². The van der Waals surface area contributed by atoms with Crippen molar-refractivity contribution in [3.63, 3.8) is 0 Å². The van der Waals surface area contributed by atoms with Gasteiger partial charge in [-0.3, -0.25) is 9.59 Å². The van der Waals surface area contributed by atoms with Crippen LogP contribution in [0.3, 0.4) is 0 Å². The minimum Gasteiger partial charge on any atom is -0.393 e. The van der Waals surface area contributed by atoms with Gasteiger partial charge in [-0.2, -0.15) is 0 Å². The van der Waals surface area contributed by atoms with Crippen molar-refractivity contribution in [3.05, 3.63) is 0 Å². The third-order valence-corrected chi connectivity index (χ3v) is 9.80. The maximum Gasteiger partial charge on any atom is 0.222 e. The lowest BCUT2D eigenvalue weighted by atomic mass is 10.1. The van der Waals surface area contributed by atoms with Crippen LogP contribution in [0, 0.1) is 0 Å². The number of rotatable bonds is 43. The Morgan fingerprint density at radius 2 is 1.00 bits per heavy atom. The second-order valence-electron chi connectivity index (χ2n) is 15.7. The Hall–Kier alpha value is -1.26. The molecule has 0 fully saturated rings. The van der Waals surface area contributed by atoms with Crippen molar-refractivity contribution in [2.75, 3.05) is 59.3 Å². The van der Waals surface area contributed by atoms with E-state index < -0.39 is 5.60 Å². The summed E-state index contributed by atoms with van der Waals surface area (Å²) in [6.07, 6.45) is 32.7. The molecule has 0 saturated heterocycles. The fourth-order valence-electron chi connectivity index (χ4n) is 6.19. The number of hydrogen-bond acceptors (Lipinski definition) is 7. The number of nitrogens with one attached hydrogen (secondary N) is 2. The molecule has 0 spiro atoms. The van der Waals surface area contributed by atoms with E-state index in [1.807, 2.05) is 13.8 Å². The Morgan fingerprint density at radius 1 is 0.528 bits per heavy atom. The normalized spacial score (nSPS) is 12.3. The van der Waals surface area contributed by atoms with E-state index in [1.165, 1.54) is 141 Å². The molecule has 0 rings (SSSR count). The molecular weight excluding hydrogens is 668 g/mol. The standard InChI is InChI=1S/C44H88N2O7/c1-5-7-9-11-13-15-17-19-21-23-25-27-33-51-39-41(52-34-28-26-24-22-20-18-16-14-12-10-8-6-2)38-46-42(48)30-29-32-45-43(49)31-35-50-36-37-53-44(3,4)40-47/h41,47H,5-40H2,1-4H3,(H,45,49)(H,46,48). The van der Waals surface area contributed by atoms with Crippen LogP contribution in [-0.2, 0) is 28.5 Å². The average Bonchev–Trinajstić information content (AvgIpc) is 3.15. The lowest BCUT2D eigenvalue weighted by Gasteiger charge is -2.22. The molecule has 0 aliphatic carbocycles. The highest BCUT2D eigenvalue weighted by Crippen LogP contribution is 2.14. The van der Waals surface area contributed by atoms with E-state index in [-0.39, 0.29) is 30.9 Å². The molecule has 1 unspecified atom stereocenters. The summed E-state index contributed by atoms with van der Waals surface area (Å²) in [7, 11) is 0. The van der Waals surface area contributed by atoms with Gasteiger partial charge in [0.25, 0.3) is 0 Å². The third-order valence-electron chi connectivity index (χ3n) is 9.80. The molecule has 0 aliphatic heterocycles. The van der Waals surface area contributed by atoms with Crippen molar-refractivity contribution in [1.29, 1.82) is 0 Å². The second-order valence-corrected chi connectivity index (χ2v) is 15.7. The molecule has 0 aromatic heterocycles. The van der Waals surface area contributed by atoms with Crippen LogP contribution in [0.5, 0.6) is 0 Å². The maximum absolute atomic E-state index is 12.6. The van der Waals surface area contributed by atoms with Crippen LogP contribution in [0.4, 0.5) is 0 Å². The van der Waals surface area contributed by atoms with Crippen LogP contribution < -0.4 is 10.6 Å². The van der Waals surface area contributed by atoms with Crippen molar-refractivity contribution in [1.82, 2.24) is 10.6 Å². The molecule has 9 nitrogen and oxygen atoms in total. The van der Waals surface area contributed by atoms with Crippen LogP contribution in [0.1, 0.15) is 201 Å². The van der Waals surface area contributed by atoms with Gasteiger partial charge in [0.05, 0.1) is 44.7 Å². The zero-order valence-electron chi connectivity index (χ0n) is 35.4. The molecule has 3 N–H and O–H groups in total. The maximum atomic E-state index is 12.6. The van der Waals surface area contributed by atoms with Crippen LogP contribution in [0.2, 0.25) is 0 Å². The van der Waals surface area contributed by atoms with Gasteiger partial charge in [0.15, 0.2) is 0 Å². The van der Waals surface area contributed by atoms with Crippen molar-refractivity contribution in [2.45, 2.75) is 213 Å². The fraction of sp³-hybridized carbons (Fsp3) is 0.955. The lowest BCUT2D eigenvalue weighted by molar-refractivity contribution is -0.124. The van der Waals surface area contributed by atoms with Crippen LogP contribution in [0.25, 0.3) is 0 Å². The van der Waals surface area contributed by atoms with Gasteiger partial charge in [-0.05, 0) is 33.1 Å². The molecule has 53 heavy (non-hydrogen) atoms. The van der Waals surface area contributed by atoms with E-state index >= 15 is 0 Å². The van der Waals surface area contributed by atoms with E-state index in [0.717, 1.165) is 19.4 Å². The smallest absolute Gasteiger partial charge is 0.222 e. The highest BCUT2D eigenvalue weighted by Gasteiger charge is 2.16. The molecule has 1 atom stereocenters.